The van der Waals surface area contributed by atoms with Gasteiger partial charge in [-0.2, -0.15) is 0 Å². The van der Waals surface area contributed by atoms with E-state index in [1.54, 1.807) is 6.07 Å². The van der Waals surface area contributed by atoms with Gasteiger partial charge in [0, 0.05) is 6.54 Å². The van der Waals surface area contributed by atoms with Crippen LogP contribution in [0.25, 0.3) is 0 Å². The normalized spacial score (nSPS) is 20.6. The van der Waals surface area contributed by atoms with Gasteiger partial charge in [-0.3, -0.25) is 4.98 Å². The Bertz CT molecular complexity index is 360. The lowest BCUT2D eigenvalue weighted by Gasteiger charge is -2.31. The summed E-state index contributed by atoms with van der Waals surface area (Å²) in [7, 11) is 0. The molecule has 0 spiro atoms. The summed E-state index contributed by atoms with van der Waals surface area (Å²) in [6, 6.07) is 3.00. The van der Waals surface area contributed by atoms with Crippen LogP contribution in [0.2, 0.25) is 0 Å². The Morgan fingerprint density at radius 3 is 2.67 bits per heavy atom. The number of aromatic nitrogens is 1. The van der Waals surface area contributed by atoms with Crippen molar-refractivity contribution in [2.24, 2.45) is 11.7 Å². The molecule has 0 bridgehead atoms. The highest BCUT2D eigenvalue weighted by Crippen LogP contribution is 2.20. The van der Waals surface area contributed by atoms with Gasteiger partial charge in [-0.15, -0.1) is 0 Å². The Morgan fingerprint density at radius 2 is 2.06 bits per heavy atom. The summed E-state index contributed by atoms with van der Waals surface area (Å²) < 4.78 is 12.8. The number of likely N-dealkylation sites (tertiary alicyclic amines) is 1. The van der Waals surface area contributed by atoms with Crippen LogP contribution in [-0.4, -0.2) is 29.5 Å². The molecule has 0 amide bonds. The molecule has 0 saturated carbocycles. The Morgan fingerprint density at radius 1 is 1.33 bits per heavy atom. The van der Waals surface area contributed by atoms with E-state index in [1.165, 1.54) is 44.6 Å². The minimum Gasteiger partial charge on any atom is -0.322 e. The first-order valence-corrected chi connectivity index (χ1v) is 6.76. The third-order valence-electron chi connectivity index (χ3n) is 3.70. The fraction of sp³-hybridized carbons (Fsp3) is 0.643. The third-order valence-corrected chi connectivity index (χ3v) is 3.70. The zero-order chi connectivity index (χ0) is 13.0. The van der Waals surface area contributed by atoms with Crippen LogP contribution in [0.1, 0.15) is 37.9 Å². The Labute approximate surface area is 108 Å². The largest absolute Gasteiger partial charge is 0.322 e. The molecule has 0 aliphatic carbocycles. The molecule has 2 heterocycles. The summed E-state index contributed by atoms with van der Waals surface area (Å²) in [5.41, 5.74) is 6.97. The van der Waals surface area contributed by atoms with Gasteiger partial charge in [0.05, 0.1) is 17.9 Å². The molecule has 3 nitrogen and oxygen atoms in total. The second kappa shape index (κ2) is 6.25. The molecule has 0 radical (unpaired) electrons. The highest BCUT2D eigenvalue weighted by atomic mass is 19.1. The number of hydrogen-bond acceptors (Lipinski definition) is 3. The van der Waals surface area contributed by atoms with Crippen molar-refractivity contribution in [2.45, 2.75) is 32.2 Å². The van der Waals surface area contributed by atoms with Crippen molar-refractivity contribution >= 4 is 0 Å². The number of nitrogens with zero attached hydrogens (tertiary/aromatic N) is 2. The number of halogens is 1. The lowest BCUT2D eigenvalue weighted by molar-refractivity contribution is 0.189. The van der Waals surface area contributed by atoms with E-state index in [0.29, 0.717) is 5.92 Å². The predicted octanol–water partition coefficient (Wildman–Crippen LogP) is 2.34. The van der Waals surface area contributed by atoms with Crippen LogP contribution >= 0.6 is 0 Å². The molecule has 100 valence electrons. The maximum atomic E-state index is 12.8. The van der Waals surface area contributed by atoms with Crippen molar-refractivity contribution in [3.8, 4) is 0 Å². The van der Waals surface area contributed by atoms with E-state index in [9.17, 15) is 4.39 Å². The molecule has 1 aliphatic heterocycles. The summed E-state index contributed by atoms with van der Waals surface area (Å²) in [6.45, 7) is 5.49. The quantitative estimate of drug-likeness (QED) is 0.893. The highest BCUT2D eigenvalue weighted by Gasteiger charge is 2.20. The fourth-order valence-electron chi connectivity index (χ4n) is 2.54. The second-order valence-corrected chi connectivity index (χ2v) is 5.27. The first-order chi connectivity index (χ1) is 8.66. The second-order valence-electron chi connectivity index (χ2n) is 5.27. The molecule has 0 aromatic carbocycles. The van der Waals surface area contributed by atoms with Crippen molar-refractivity contribution < 1.29 is 4.39 Å². The van der Waals surface area contributed by atoms with Gasteiger partial charge < -0.3 is 10.6 Å². The number of nitrogens with two attached hydrogens (primary N) is 1. The fourth-order valence-corrected chi connectivity index (χ4v) is 2.54. The highest BCUT2D eigenvalue weighted by molar-refractivity contribution is 5.10. The minimum atomic E-state index is -0.311. The summed E-state index contributed by atoms with van der Waals surface area (Å²) in [4.78, 5) is 6.54. The van der Waals surface area contributed by atoms with Crippen LogP contribution in [0.5, 0.6) is 0 Å². The molecule has 1 fully saturated rings. The number of rotatable bonds is 4. The summed E-state index contributed by atoms with van der Waals surface area (Å²) in [6.07, 6.45) is 5.16. The lowest BCUT2D eigenvalue weighted by Crippen LogP contribution is -2.37. The van der Waals surface area contributed by atoms with Gasteiger partial charge in [-0.05, 0) is 44.0 Å². The first kappa shape index (κ1) is 13.4. The zero-order valence-corrected chi connectivity index (χ0v) is 11.0. The number of pyridine rings is 1. The van der Waals surface area contributed by atoms with Crippen molar-refractivity contribution in [1.29, 1.82) is 0 Å². The van der Waals surface area contributed by atoms with Crippen LogP contribution < -0.4 is 5.73 Å². The Balaban J connectivity index is 1.91. The van der Waals surface area contributed by atoms with E-state index in [4.69, 9.17) is 5.73 Å². The molecule has 2 N–H and O–H groups in total. The average molecular weight is 251 g/mol. The number of hydrogen-bond donors (Lipinski definition) is 1. The van der Waals surface area contributed by atoms with Gasteiger partial charge in [-0.25, -0.2) is 4.39 Å². The van der Waals surface area contributed by atoms with Crippen LogP contribution in [-0.2, 0) is 0 Å². The Hall–Kier alpha value is -1.00. The van der Waals surface area contributed by atoms with E-state index < -0.39 is 0 Å². The molecule has 1 aromatic rings. The van der Waals surface area contributed by atoms with E-state index in [2.05, 4.69) is 16.8 Å². The summed E-state index contributed by atoms with van der Waals surface area (Å²) >= 11 is 0. The van der Waals surface area contributed by atoms with E-state index >= 15 is 0 Å². The van der Waals surface area contributed by atoms with Crippen LogP contribution in [0.15, 0.2) is 18.3 Å². The molecular formula is C14H22FN3. The van der Waals surface area contributed by atoms with Crippen LogP contribution in [0, 0.1) is 11.7 Å². The Kier molecular flexibility index (Phi) is 4.66. The average Bonchev–Trinajstić information content (AvgIpc) is 2.40. The van der Waals surface area contributed by atoms with E-state index in [0.717, 1.165) is 12.2 Å². The van der Waals surface area contributed by atoms with Crippen molar-refractivity contribution in [3.63, 3.8) is 0 Å². The van der Waals surface area contributed by atoms with E-state index in [-0.39, 0.29) is 11.9 Å². The SMILES string of the molecule is CC(CN1CCCCC1)C(N)c1ccc(F)cn1. The molecule has 4 heteroatoms. The molecular weight excluding hydrogens is 229 g/mol. The van der Waals surface area contributed by atoms with E-state index in [1.807, 2.05) is 0 Å². The van der Waals surface area contributed by atoms with Gasteiger partial charge in [0.25, 0.3) is 0 Å². The van der Waals surface area contributed by atoms with Gasteiger partial charge in [0.2, 0.25) is 0 Å². The van der Waals surface area contributed by atoms with Crippen LogP contribution in [0.3, 0.4) is 0 Å². The summed E-state index contributed by atoms with van der Waals surface area (Å²) in [5.74, 6) is 0.0238. The van der Waals surface area contributed by atoms with Gasteiger partial charge in [0.1, 0.15) is 5.82 Å². The molecule has 18 heavy (non-hydrogen) atoms. The first-order valence-electron chi connectivity index (χ1n) is 6.76. The monoisotopic (exact) mass is 251 g/mol. The molecule has 1 aliphatic rings. The van der Waals surface area contributed by atoms with Crippen LogP contribution in [0.4, 0.5) is 4.39 Å². The van der Waals surface area contributed by atoms with Gasteiger partial charge in [-0.1, -0.05) is 13.3 Å². The van der Waals surface area contributed by atoms with Crippen molar-refractivity contribution in [1.82, 2.24) is 9.88 Å². The maximum Gasteiger partial charge on any atom is 0.141 e. The standard InChI is InChI=1S/C14H22FN3/c1-11(10-18-7-3-2-4-8-18)14(16)13-6-5-12(15)9-17-13/h5-6,9,11,14H,2-4,7-8,10,16H2,1H3. The lowest BCUT2D eigenvalue weighted by atomic mass is 9.97. The minimum absolute atomic E-state index is 0.118. The predicted molar refractivity (Wildman–Crippen MR) is 70.6 cm³/mol. The molecule has 2 unspecified atom stereocenters. The van der Waals surface area contributed by atoms with Gasteiger partial charge >= 0.3 is 0 Å². The zero-order valence-electron chi connectivity index (χ0n) is 11.0. The maximum absolute atomic E-state index is 12.8. The van der Waals surface area contributed by atoms with Crippen molar-refractivity contribution in [2.75, 3.05) is 19.6 Å². The smallest absolute Gasteiger partial charge is 0.141 e. The molecule has 1 aromatic heterocycles. The third kappa shape index (κ3) is 3.50. The summed E-state index contributed by atoms with van der Waals surface area (Å²) in [5, 5.41) is 0. The van der Waals surface area contributed by atoms with Crippen molar-refractivity contribution in [3.05, 3.63) is 29.8 Å². The topological polar surface area (TPSA) is 42.1 Å². The van der Waals surface area contributed by atoms with Gasteiger partial charge in [0.15, 0.2) is 0 Å². The molecule has 2 atom stereocenters. The number of piperidine rings is 1. The molecule has 1 saturated heterocycles. The molecule has 2 rings (SSSR count).